The van der Waals surface area contributed by atoms with Gasteiger partial charge < -0.3 is 28.3 Å². The molecule has 0 bridgehead atoms. The van der Waals surface area contributed by atoms with Crippen molar-refractivity contribution in [1.82, 2.24) is 19.7 Å². The van der Waals surface area contributed by atoms with Gasteiger partial charge >= 0.3 is 13.7 Å². The van der Waals surface area contributed by atoms with Crippen molar-refractivity contribution in [3.8, 4) is 11.8 Å². The van der Waals surface area contributed by atoms with Gasteiger partial charge in [-0.15, -0.1) is 0 Å². The lowest BCUT2D eigenvalue weighted by Crippen LogP contribution is -2.41. The minimum Gasteiger partial charge on any atom is -0.413 e. The molecule has 3 heterocycles. The van der Waals surface area contributed by atoms with E-state index in [1.165, 1.54) is 65.0 Å². The largest absolute Gasteiger partial charge is 0.459 e. The molecule has 3 aromatic rings. The number of carbonyl (C=O) groups is 1. The predicted octanol–water partition coefficient (Wildman–Crippen LogP) is 1.23. The topological polar surface area (TPSA) is 204 Å². The maximum absolute atomic E-state index is 13.6. The minimum absolute atomic E-state index is 0.0911. The van der Waals surface area contributed by atoms with Crippen LogP contribution in [-0.4, -0.2) is 61.7 Å². The fourth-order valence-electron chi connectivity index (χ4n) is 3.79. The van der Waals surface area contributed by atoms with E-state index in [1.54, 1.807) is 18.2 Å². The van der Waals surface area contributed by atoms with Crippen LogP contribution in [-0.2, 0) is 27.3 Å². The minimum atomic E-state index is -4.27. The molecule has 0 unspecified atom stereocenters. The number of halogens is 1. The van der Waals surface area contributed by atoms with Crippen LogP contribution in [0, 0.1) is 11.3 Å². The monoisotopic (exact) mass is 644 g/mol. The molecule has 37 heavy (non-hydrogen) atoms. The van der Waals surface area contributed by atoms with Crippen LogP contribution >= 0.6 is 30.8 Å². The zero-order valence-corrected chi connectivity index (χ0v) is 22.2. The van der Waals surface area contributed by atoms with Crippen molar-refractivity contribution in [2.24, 2.45) is 0 Å². The van der Waals surface area contributed by atoms with Gasteiger partial charge in [-0.25, -0.2) is 18.9 Å². The number of nitriles is 1. The quantitative estimate of drug-likeness (QED) is 0.191. The molecular weight excluding hydrogens is 622 g/mol. The number of para-hydroxylation sites is 1. The molecule has 196 valence electrons. The highest BCUT2D eigenvalue weighted by molar-refractivity contribution is 14.1. The van der Waals surface area contributed by atoms with Gasteiger partial charge in [0.25, 0.3) is 0 Å². The number of carbonyl (C=O) groups excluding carboxylic acids is 1. The Bertz CT molecular complexity index is 1370. The molecule has 16 heteroatoms. The molecule has 14 nitrogen and oxygen atoms in total. The maximum atomic E-state index is 13.6. The third-order valence-corrected chi connectivity index (χ3v) is 7.72. The van der Waals surface area contributed by atoms with E-state index in [4.69, 9.17) is 19.5 Å². The van der Waals surface area contributed by atoms with Crippen LogP contribution in [0.3, 0.4) is 0 Å². The molecule has 5 N–H and O–H groups in total. The first-order valence-electron chi connectivity index (χ1n) is 10.8. The predicted molar refractivity (Wildman–Crippen MR) is 135 cm³/mol. The van der Waals surface area contributed by atoms with E-state index in [0.717, 1.165) is 0 Å². The van der Waals surface area contributed by atoms with Gasteiger partial charge in [-0.3, -0.25) is 4.52 Å². The number of aromatic nitrogens is 3. The number of nitrogens with zero attached hydrogens (tertiary/aromatic N) is 4. The van der Waals surface area contributed by atoms with Crippen molar-refractivity contribution in [1.29, 1.82) is 5.26 Å². The van der Waals surface area contributed by atoms with Gasteiger partial charge in [-0.2, -0.15) is 15.4 Å². The van der Waals surface area contributed by atoms with Crippen molar-refractivity contribution in [2.45, 2.75) is 36.9 Å². The molecule has 1 saturated heterocycles. The van der Waals surface area contributed by atoms with E-state index in [2.05, 4.69) is 18.2 Å². The molecule has 0 amide bonds. The number of rotatable bonds is 9. The molecule has 4 rings (SSSR count). The van der Waals surface area contributed by atoms with E-state index < -0.39 is 50.3 Å². The Morgan fingerprint density at radius 1 is 1.38 bits per heavy atom. The third-order valence-electron chi connectivity index (χ3n) is 5.65. The SMILES string of the molecule is C[C@H](N[P@](=O)(OC[C@H]1O[C@@](C#N)(c2ccc3c(N)ncnn23)[C@H](O)[C@@H]1O)Oc1ccccc1)C(=O)OI. The van der Waals surface area contributed by atoms with Crippen molar-refractivity contribution in [2.75, 3.05) is 12.3 Å². The zero-order valence-electron chi connectivity index (χ0n) is 19.2. The first kappa shape index (κ1) is 27.2. The highest BCUT2D eigenvalue weighted by Gasteiger charge is 2.58. The van der Waals surface area contributed by atoms with Gasteiger partial charge in [0.05, 0.1) is 12.3 Å². The lowest BCUT2D eigenvalue weighted by Gasteiger charge is -2.25. The summed E-state index contributed by atoms with van der Waals surface area (Å²) in [7, 11) is -4.27. The Kier molecular flexibility index (Phi) is 7.99. The number of aliphatic hydroxyl groups is 2. The number of nitrogens with one attached hydrogen (secondary N) is 1. The number of anilines is 1. The van der Waals surface area contributed by atoms with Crippen molar-refractivity contribution in [3.63, 3.8) is 0 Å². The summed E-state index contributed by atoms with van der Waals surface area (Å²) >= 11 is 1.39. The van der Waals surface area contributed by atoms with Crippen LogP contribution < -0.4 is 15.3 Å². The van der Waals surface area contributed by atoms with Crippen LogP contribution in [0.25, 0.3) is 5.52 Å². The normalized spacial score (nSPS) is 25.8. The summed E-state index contributed by atoms with van der Waals surface area (Å²) in [4.78, 5) is 15.8. The van der Waals surface area contributed by atoms with Crippen molar-refractivity contribution < 1.29 is 36.4 Å². The van der Waals surface area contributed by atoms with E-state index in [1.807, 2.05) is 6.07 Å². The molecule has 0 spiro atoms. The number of aliphatic hydroxyl groups excluding tert-OH is 2. The molecule has 0 saturated carbocycles. The van der Waals surface area contributed by atoms with E-state index in [-0.39, 0.29) is 17.3 Å². The summed E-state index contributed by atoms with van der Waals surface area (Å²) in [5, 5.41) is 38.2. The summed E-state index contributed by atoms with van der Waals surface area (Å²) in [5.41, 5.74) is 4.24. The summed E-state index contributed by atoms with van der Waals surface area (Å²) in [5.74, 6) is -0.436. The van der Waals surface area contributed by atoms with Crippen LogP contribution in [0.4, 0.5) is 5.82 Å². The first-order chi connectivity index (χ1) is 17.6. The highest BCUT2D eigenvalue weighted by Crippen LogP contribution is 2.47. The number of nitrogens with two attached hydrogens (primary N) is 1. The average molecular weight is 644 g/mol. The Morgan fingerprint density at radius 3 is 2.78 bits per heavy atom. The Balaban J connectivity index is 1.59. The molecule has 0 radical (unpaired) electrons. The van der Waals surface area contributed by atoms with Crippen molar-refractivity contribution in [3.05, 3.63) is 54.5 Å². The fourth-order valence-corrected chi connectivity index (χ4v) is 5.67. The van der Waals surface area contributed by atoms with Gasteiger partial charge in [0.2, 0.25) is 5.60 Å². The number of ether oxygens (including phenoxy) is 1. The van der Waals surface area contributed by atoms with Crippen molar-refractivity contribution >= 4 is 48.1 Å². The van der Waals surface area contributed by atoms with Gasteiger partial charge in [-0.05, 0) is 31.2 Å². The van der Waals surface area contributed by atoms with Gasteiger partial charge in [0.15, 0.2) is 28.8 Å². The van der Waals surface area contributed by atoms with Crippen LogP contribution in [0.2, 0.25) is 0 Å². The second-order valence-corrected chi connectivity index (χ2v) is 10.2. The van der Waals surface area contributed by atoms with Crippen LogP contribution in [0.15, 0.2) is 48.8 Å². The lowest BCUT2D eigenvalue weighted by molar-refractivity contribution is -0.132. The number of fused-ring (bicyclic) bond motifs is 1. The van der Waals surface area contributed by atoms with E-state index in [0.29, 0.717) is 5.52 Å². The van der Waals surface area contributed by atoms with Gasteiger partial charge in [0, 0.05) is 0 Å². The third kappa shape index (κ3) is 5.27. The Hall–Kier alpha value is -2.84. The smallest absolute Gasteiger partial charge is 0.413 e. The molecule has 1 aromatic carbocycles. The number of hydrogen-bond acceptors (Lipinski definition) is 12. The first-order valence-corrected chi connectivity index (χ1v) is 13.2. The molecule has 1 fully saturated rings. The average Bonchev–Trinajstić information content (AvgIpc) is 3.43. The molecule has 1 aliphatic rings. The number of nitrogen functional groups attached to an aromatic ring is 1. The van der Waals surface area contributed by atoms with Gasteiger partial charge in [0.1, 0.15) is 48.0 Å². The number of benzene rings is 1. The second-order valence-electron chi connectivity index (χ2n) is 8.04. The standard InChI is InChI=1S/C21H22IN6O8P/c1-12(20(31)35-22)27-37(32,36-13-5-3-2-4-6-13)33-9-15-17(29)18(30)21(10-23,34-15)16-8-7-14-19(24)25-11-26-28(14)16/h2-8,11-12,15,17-18,29-30H,9H2,1H3,(H,27,32)(H2,24,25,26)/t12-,15+,17+,18+,21-,37-/m0/s1. The molecule has 2 aromatic heterocycles. The maximum Gasteiger partial charge on any atom is 0.459 e. The second kappa shape index (κ2) is 10.9. The Labute approximate surface area is 224 Å². The van der Waals surface area contributed by atoms with E-state index >= 15 is 0 Å². The van der Waals surface area contributed by atoms with Crippen LogP contribution in [0.1, 0.15) is 12.6 Å². The highest BCUT2D eigenvalue weighted by atomic mass is 127. The summed E-state index contributed by atoms with van der Waals surface area (Å²) in [6, 6.07) is 11.9. The molecule has 1 aliphatic heterocycles. The molecular formula is C21H22IN6O8P. The zero-order chi connectivity index (χ0) is 26.8. The summed E-state index contributed by atoms with van der Waals surface area (Å²) < 4.78 is 36.3. The summed E-state index contributed by atoms with van der Waals surface area (Å²) in [6.07, 6.45) is -3.54. The molecule has 0 aliphatic carbocycles. The van der Waals surface area contributed by atoms with Crippen LogP contribution in [0.5, 0.6) is 5.75 Å². The summed E-state index contributed by atoms with van der Waals surface area (Å²) in [6.45, 7) is 0.799. The Morgan fingerprint density at radius 2 is 2.11 bits per heavy atom. The molecule has 6 atom stereocenters. The number of hydrogen-bond donors (Lipinski definition) is 4. The fraction of sp³-hybridized carbons (Fsp3) is 0.333. The van der Waals surface area contributed by atoms with E-state index in [9.17, 15) is 24.8 Å². The lowest BCUT2D eigenvalue weighted by atomic mass is 9.92. The van der Waals surface area contributed by atoms with Gasteiger partial charge in [-0.1, -0.05) is 18.2 Å².